The number of aryl methyl sites for hydroxylation is 1. The lowest BCUT2D eigenvalue weighted by atomic mass is 10.2. The molecule has 0 aliphatic heterocycles. The Kier molecular flexibility index (Phi) is 6.71. The molecular weight excluding hydrogens is 383 g/mol. The molecule has 144 valence electrons. The molecule has 2 aromatic rings. The third-order valence-electron chi connectivity index (χ3n) is 3.24. The summed E-state index contributed by atoms with van der Waals surface area (Å²) in [5.41, 5.74) is 0.956. The van der Waals surface area contributed by atoms with E-state index in [1.54, 1.807) is 6.07 Å². The largest absolute Gasteiger partial charge is 0.573 e. The fourth-order valence-corrected chi connectivity index (χ4v) is 2.90. The van der Waals surface area contributed by atoms with Crippen LogP contribution in [0.1, 0.15) is 5.56 Å². The highest BCUT2D eigenvalue weighted by Gasteiger charge is 2.31. The fourth-order valence-electron chi connectivity index (χ4n) is 1.98. The summed E-state index contributed by atoms with van der Waals surface area (Å²) in [4.78, 5) is -0.199. The summed E-state index contributed by atoms with van der Waals surface area (Å²) < 4.78 is 71.8. The Labute approximate surface area is 155 Å². The normalized spacial score (nSPS) is 11.4. The molecule has 0 amide bonds. The van der Waals surface area contributed by atoms with Crippen molar-refractivity contribution < 1.29 is 31.1 Å². The predicted molar refractivity (Wildman–Crippen MR) is 92.8 cm³/mol. The Hall–Kier alpha value is -2.70. The Bertz CT molecular complexity index is 930. The van der Waals surface area contributed by atoms with E-state index in [-0.39, 0.29) is 18.0 Å². The quantitative estimate of drug-likeness (QED) is 0.758. The van der Waals surface area contributed by atoms with Crippen LogP contribution in [0.3, 0.4) is 0 Å². The molecule has 5 nitrogen and oxygen atoms in total. The van der Waals surface area contributed by atoms with Crippen molar-refractivity contribution in [1.29, 1.82) is 0 Å². The van der Waals surface area contributed by atoms with E-state index in [1.165, 1.54) is 0 Å². The van der Waals surface area contributed by atoms with Crippen molar-refractivity contribution in [3.8, 4) is 23.3 Å². The van der Waals surface area contributed by atoms with Gasteiger partial charge in [0.15, 0.2) is 0 Å². The van der Waals surface area contributed by atoms with Crippen LogP contribution in [0.15, 0.2) is 53.4 Å². The second-order valence-electron chi connectivity index (χ2n) is 5.25. The molecule has 2 aromatic carbocycles. The van der Waals surface area contributed by atoms with E-state index in [4.69, 9.17) is 4.74 Å². The summed E-state index contributed by atoms with van der Waals surface area (Å²) in [6.07, 6.45) is -4.84. The molecule has 0 bridgehead atoms. The van der Waals surface area contributed by atoms with Crippen molar-refractivity contribution in [1.82, 2.24) is 4.72 Å². The van der Waals surface area contributed by atoms with Crippen LogP contribution in [0, 0.1) is 18.8 Å². The van der Waals surface area contributed by atoms with E-state index in [9.17, 15) is 21.6 Å². The molecule has 0 aliphatic carbocycles. The van der Waals surface area contributed by atoms with Gasteiger partial charge in [-0.3, -0.25) is 0 Å². The number of nitrogens with one attached hydrogen (secondary N) is 1. The third kappa shape index (κ3) is 6.84. The lowest BCUT2D eigenvalue weighted by molar-refractivity contribution is -0.274. The Morgan fingerprint density at radius 2 is 1.70 bits per heavy atom. The number of sulfonamides is 1. The molecule has 1 N–H and O–H groups in total. The van der Waals surface area contributed by atoms with Crippen LogP contribution in [0.4, 0.5) is 13.2 Å². The SMILES string of the molecule is Cc1ccccc1OCC#CCNS(=O)(=O)c1ccc(OC(F)(F)F)cc1. The molecule has 0 fully saturated rings. The van der Waals surface area contributed by atoms with Crippen LogP contribution in [-0.2, 0) is 10.0 Å². The second-order valence-corrected chi connectivity index (χ2v) is 7.02. The number of halogens is 3. The molecular formula is C18H16F3NO4S. The Balaban J connectivity index is 1.85. The number of ether oxygens (including phenoxy) is 2. The number of benzene rings is 2. The highest BCUT2D eigenvalue weighted by Crippen LogP contribution is 2.23. The number of alkyl halides is 3. The second kappa shape index (κ2) is 8.79. The minimum atomic E-state index is -4.84. The van der Waals surface area contributed by atoms with Gasteiger partial charge >= 0.3 is 6.36 Å². The summed E-state index contributed by atoms with van der Waals surface area (Å²) in [6.45, 7) is 1.82. The highest BCUT2D eigenvalue weighted by molar-refractivity contribution is 7.89. The monoisotopic (exact) mass is 399 g/mol. The maximum atomic E-state index is 12.1. The molecule has 0 aromatic heterocycles. The van der Waals surface area contributed by atoms with E-state index in [2.05, 4.69) is 21.3 Å². The van der Waals surface area contributed by atoms with Gasteiger partial charge in [0.2, 0.25) is 10.0 Å². The first-order chi connectivity index (χ1) is 12.7. The number of para-hydroxylation sites is 1. The van der Waals surface area contributed by atoms with Gasteiger partial charge in [-0.05, 0) is 42.8 Å². The third-order valence-corrected chi connectivity index (χ3v) is 4.65. The average Bonchev–Trinajstić information content (AvgIpc) is 2.58. The standard InChI is InChI=1S/C18H16F3NO4S/c1-14-6-2-3-7-17(14)25-13-5-4-12-22-27(23,24)16-10-8-15(9-11-16)26-18(19,20)21/h2-3,6-11,22H,12-13H2,1H3. The summed E-state index contributed by atoms with van der Waals surface area (Å²) in [6, 6.07) is 11.3. The zero-order valence-corrected chi connectivity index (χ0v) is 15.0. The average molecular weight is 399 g/mol. The molecule has 0 spiro atoms. The fraction of sp³-hybridized carbons (Fsp3) is 0.222. The summed E-state index contributed by atoms with van der Waals surface area (Å²) in [5, 5.41) is 0. The molecule has 0 heterocycles. The highest BCUT2D eigenvalue weighted by atomic mass is 32.2. The van der Waals surface area contributed by atoms with Gasteiger partial charge in [0.25, 0.3) is 0 Å². The van der Waals surface area contributed by atoms with Gasteiger partial charge < -0.3 is 9.47 Å². The lowest BCUT2D eigenvalue weighted by Gasteiger charge is -2.09. The van der Waals surface area contributed by atoms with Gasteiger partial charge in [-0.15, -0.1) is 13.2 Å². The van der Waals surface area contributed by atoms with Gasteiger partial charge in [-0.1, -0.05) is 30.0 Å². The minimum absolute atomic E-state index is 0.0933. The molecule has 0 unspecified atom stereocenters. The Morgan fingerprint density at radius 3 is 2.33 bits per heavy atom. The van der Waals surface area contributed by atoms with Crippen molar-refractivity contribution in [2.24, 2.45) is 0 Å². The van der Waals surface area contributed by atoms with Gasteiger partial charge in [0, 0.05) is 0 Å². The lowest BCUT2D eigenvalue weighted by Crippen LogP contribution is -2.24. The van der Waals surface area contributed by atoms with Crippen molar-refractivity contribution in [2.45, 2.75) is 18.2 Å². The molecule has 27 heavy (non-hydrogen) atoms. The minimum Gasteiger partial charge on any atom is -0.481 e. The van der Waals surface area contributed by atoms with Gasteiger partial charge in [0.05, 0.1) is 11.4 Å². The van der Waals surface area contributed by atoms with Crippen molar-refractivity contribution >= 4 is 10.0 Å². The molecule has 0 aliphatic rings. The summed E-state index contributed by atoms with van der Waals surface area (Å²) >= 11 is 0. The van der Waals surface area contributed by atoms with E-state index >= 15 is 0 Å². The first-order valence-corrected chi connectivity index (χ1v) is 9.15. The van der Waals surface area contributed by atoms with Crippen LogP contribution in [0.5, 0.6) is 11.5 Å². The van der Waals surface area contributed by atoms with E-state index in [1.807, 2.05) is 25.1 Å². The topological polar surface area (TPSA) is 64.6 Å². The van der Waals surface area contributed by atoms with Crippen LogP contribution >= 0.6 is 0 Å². The first kappa shape index (κ1) is 20.6. The van der Waals surface area contributed by atoms with Gasteiger partial charge in [-0.2, -0.15) is 4.72 Å². The van der Waals surface area contributed by atoms with E-state index in [0.29, 0.717) is 5.75 Å². The maximum absolute atomic E-state index is 12.1. The number of rotatable bonds is 6. The van der Waals surface area contributed by atoms with Crippen molar-refractivity contribution in [2.75, 3.05) is 13.2 Å². The molecule has 9 heteroatoms. The van der Waals surface area contributed by atoms with E-state index in [0.717, 1.165) is 29.8 Å². The van der Waals surface area contributed by atoms with Gasteiger partial charge in [-0.25, -0.2) is 8.42 Å². The number of hydrogen-bond donors (Lipinski definition) is 1. The molecule has 0 radical (unpaired) electrons. The predicted octanol–water partition coefficient (Wildman–Crippen LogP) is 3.25. The molecule has 0 atom stereocenters. The van der Waals surface area contributed by atoms with Crippen molar-refractivity contribution in [3.05, 3.63) is 54.1 Å². The van der Waals surface area contributed by atoms with Gasteiger partial charge in [0.1, 0.15) is 18.1 Å². The molecule has 2 rings (SSSR count). The Morgan fingerprint density at radius 1 is 1.04 bits per heavy atom. The van der Waals surface area contributed by atoms with Crippen LogP contribution in [0.2, 0.25) is 0 Å². The number of hydrogen-bond acceptors (Lipinski definition) is 4. The summed E-state index contributed by atoms with van der Waals surface area (Å²) in [7, 11) is -3.90. The van der Waals surface area contributed by atoms with E-state index < -0.39 is 22.1 Å². The smallest absolute Gasteiger partial charge is 0.481 e. The maximum Gasteiger partial charge on any atom is 0.573 e. The zero-order valence-electron chi connectivity index (χ0n) is 14.2. The molecule has 0 saturated heterocycles. The van der Waals surface area contributed by atoms with Crippen LogP contribution in [0.25, 0.3) is 0 Å². The molecule has 0 saturated carbocycles. The zero-order chi connectivity index (χ0) is 19.9. The first-order valence-electron chi connectivity index (χ1n) is 7.67. The summed E-state index contributed by atoms with van der Waals surface area (Å²) in [5.74, 6) is 5.46. The van der Waals surface area contributed by atoms with Crippen LogP contribution < -0.4 is 14.2 Å². The van der Waals surface area contributed by atoms with Crippen molar-refractivity contribution in [3.63, 3.8) is 0 Å². The van der Waals surface area contributed by atoms with Crippen LogP contribution in [-0.4, -0.2) is 27.9 Å².